The molecular weight excluding hydrogens is 354 g/mol. The van der Waals surface area contributed by atoms with E-state index in [1.54, 1.807) is 34.8 Å². The summed E-state index contributed by atoms with van der Waals surface area (Å²) in [5, 5.41) is 16.9. The molecule has 0 aliphatic rings. The van der Waals surface area contributed by atoms with E-state index < -0.39 is 4.92 Å². The van der Waals surface area contributed by atoms with Crippen LogP contribution in [0.4, 0.5) is 5.69 Å². The van der Waals surface area contributed by atoms with Crippen LogP contribution in [-0.2, 0) is 0 Å². The van der Waals surface area contributed by atoms with Crippen molar-refractivity contribution in [1.82, 2.24) is 9.97 Å². The maximum absolute atomic E-state index is 10.9. The lowest BCUT2D eigenvalue weighted by Crippen LogP contribution is -1.94. The Kier molecular flexibility index (Phi) is 4.09. The molecule has 0 unspecified atom stereocenters. The molecule has 0 aliphatic heterocycles. The van der Waals surface area contributed by atoms with Crippen molar-refractivity contribution in [2.45, 2.75) is 0 Å². The van der Waals surface area contributed by atoms with Crippen LogP contribution in [0.1, 0.15) is 0 Å². The Morgan fingerprint density at radius 3 is 2.28 bits per heavy atom. The molecule has 4 rings (SSSR count). The van der Waals surface area contributed by atoms with Crippen LogP contribution in [0, 0.1) is 10.1 Å². The lowest BCUT2D eigenvalue weighted by Gasteiger charge is -2.07. The molecule has 0 aliphatic carbocycles. The predicted octanol–water partition coefficient (Wildman–Crippen LogP) is 5.51. The molecule has 0 bridgehead atoms. The molecule has 1 aromatic carbocycles. The Morgan fingerprint density at radius 1 is 0.920 bits per heavy atom. The number of nitro groups is 1. The maximum Gasteiger partial charge on any atom is 0.269 e. The molecule has 0 amide bonds. The summed E-state index contributed by atoms with van der Waals surface area (Å²) in [5.41, 5.74) is 3.51. The van der Waals surface area contributed by atoms with E-state index >= 15 is 0 Å². The van der Waals surface area contributed by atoms with Gasteiger partial charge in [0.25, 0.3) is 5.69 Å². The van der Waals surface area contributed by atoms with E-state index in [0.29, 0.717) is 5.82 Å². The van der Waals surface area contributed by atoms with Crippen LogP contribution in [0.25, 0.3) is 33.2 Å². The second kappa shape index (κ2) is 6.54. The Morgan fingerprint density at radius 2 is 1.68 bits per heavy atom. The summed E-state index contributed by atoms with van der Waals surface area (Å²) < 4.78 is 0. The van der Waals surface area contributed by atoms with Crippen molar-refractivity contribution in [3.63, 3.8) is 0 Å². The number of aromatic nitrogens is 2. The number of hydrogen-bond acceptors (Lipinski definition) is 6. The quantitative estimate of drug-likeness (QED) is 0.353. The molecule has 122 valence electrons. The van der Waals surface area contributed by atoms with Gasteiger partial charge in [-0.1, -0.05) is 6.07 Å². The molecule has 0 saturated heterocycles. The first-order valence-electron chi connectivity index (χ1n) is 7.41. The molecule has 0 radical (unpaired) electrons. The van der Waals surface area contributed by atoms with Crippen molar-refractivity contribution >= 4 is 28.4 Å². The molecule has 7 heteroatoms. The van der Waals surface area contributed by atoms with Gasteiger partial charge in [0.15, 0.2) is 5.82 Å². The third kappa shape index (κ3) is 3.19. The third-order valence-corrected chi connectivity index (χ3v) is 5.21. The average molecular weight is 365 g/mol. The molecule has 0 N–H and O–H groups in total. The van der Waals surface area contributed by atoms with Crippen LogP contribution in [0.3, 0.4) is 0 Å². The Hall–Kier alpha value is -2.90. The predicted molar refractivity (Wildman–Crippen MR) is 101 cm³/mol. The van der Waals surface area contributed by atoms with E-state index in [0.717, 1.165) is 27.4 Å². The zero-order valence-electron chi connectivity index (χ0n) is 12.8. The first-order chi connectivity index (χ1) is 12.2. The van der Waals surface area contributed by atoms with Crippen LogP contribution in [0.2, 0.25) is 0 Å². The van der Waals surface area contributed by atoms with Gasteiger partial charge < -0.3 is 0 Å². The minimum absolute atomic E-state index is 0.0642. The van der Waals surface area contributed by atoms with Crippen LogP contribution in [0.5, 0.6) is 0 Å². The molecule has 0 spiro atoms. The largest absolute Gasteiger partial charge is 0.269 e. The van der Waals surface area contributed by atoms with Gasteiger partial charge in [0.1, 0.15) is 0 Å². The van der Waals surface area contributed by atoms with Crippen molar-refractivity contribution in [3.8, 4) is 33.2 Å². The summed E-state index contributed by atoms with van der Waals surface area (Å²) in [4.78, 5) is 20.8. The number of thiophene rings is 2. The molecular formula is C18H11N3O2S2. The Balaban J connectivity index is 1.85. The third-order valence-electron chi connectivity index (χ3n) is 3.66. The summed E-state index contributed by atoms with van der Waals surface area (Å²) in [6.07, 6.45) is 0. The lowest BCUT2D eigenvalue weighted by atomic mass is 10.1. The van der Waals surface area contributed by atoms with Gasteiger partial charge in [-0.05, 0) is 41.1 Å². The van der Waals surface area contributed by atoms with Gasteiger partial charge in [-0.25, -0.2) is 9.97 Å². The summed E-state index contributed by atoms with van der Waals surface area (Å²) in [7, 11) is 0. The molecule has 0 fully saturated rings. The fourth-order valence-corrected chi connectivity index (χ4v) is 3.73. The van der Waals surface area contributed by atoms with E-state index in [2.05, 4.69) is 9.97 Å². The summed E-state index contributed by atoms with van der Waals surface area (Å²) in [5.74, 6) is 0.659. The normalized spacial score (nSPS) is 10.7. The number of rotatable bonds is 4. The highest BCUT2D eigenvalue weighted by Crippen LogP contribution is 2.30. The fraction of sp³-hybridized carbons (Fsp3) is 0. The van der Waals surface area contributed by atoms with Crippen molar-refractivity contribution < 1.29 is 4.92 Å². The highest BCUT2D eigenvalue weighted by molar-refractivity contribution is 7.13. The van der Waals surface area contributed by atoms with Gasteiger partial charge in [0, 0.05) is 28.6 Å². The number of benzene rings is 1. The van der Waals surface area contributed by atoms with Gasteiger partial charge in [-0.3, -0.25) is 10.1 Å². The van der Waals surface area contributed by atoms with Crippen LogP contribution in [-0.4, -0.2) is 14.9 Å². The highest BCUT2D eigenvalue weighted by Gasteiger charge is 2.12. The zero-order chi connectivity index (χ0) is 17.2. The van der Waals surface area contributed by atoms with Crippen molar-refractivity contribution in [1.29, 1.82) is 0 Å². The van der Waals surface area contributed by atoms with E-state index in [9.17, 15) is 10.1 Å². The second-order valence-electron chi connectivity index (χ2n) is 5.26. The summed E-state index contributed by atoms with van der Waals surface area (Å²) >= 11 is 3.19. The van der Waals surface area contributed by atoms with Gasteiger partial charge in [-0.2, -0.15) is 11.3 Å². The van der Waals surface area contributed by atoms with Crippen LogP contribution in [0.15, 0.2) is 64.7 Å². The Labute approximate surface area is 151 Å². The van der Waals surface area contributed by atoms with Crippen molar-refractivity contribution in [3.05, 3.63) is 74.8 Å². The first kappa shape index (κ1) is 15.6. The molecule has 0 atom stereocenters. The molecule has 4 aromatic rings. The lowest BCUT2D eigenvalue weighted by molar-refractivity contribution is -0.384. The van der Waals surface area contributed by atoms with Gasteiger partial charge in [0.2, 0.25) is 0 Å². The molecule has 5 nitrogen and oxygen atoms in total. The van der Waals surface area contributed by atoms with E-state index in [1.165, 1.54) is 12.1 Å². The van der Waals surface area contributed by atoms with Gasteiger partial charge in [-0.15, -0.1) is 11.3 Å². The van der Waals surface area contributed by atoms with Crippen molar-refractivity contribution in [2.75, 3.05) is 0 Å². The minimum atomic E-state index is -0.405. The SMILES string of the molecule is O=[N+]([O-])c1ccc(-c2cc(-c3ccsc3)nc(-c3cccs3)n2)cc1. The smallest absolute Gasteiger partial charge is 0.258 e. The molecule has 0 saturated carbocycles. The number of nitro benzene ring substituents is 1. The molecule has 3 aromatic heterocycles. The number of hydrogen-bond donors (Lipinski definition) is 0. The highest BCUT2D eigenvalue weighted by atomic mass is 32.1. The number of non-ortho nitro benzene ring substituents is 1. The summed E-state index contributed by atoms with van der Waals surface area (Å²) in [6.45, 7) is 0. The second-order valence-corrected chi connectivity index (χ2v) is 6.98. The fourth-order valence-electron chi connectivity index (χ4n) is 2.42. The minimum Gasteiger partial charge on any atom is -0.258 e. The summed E-state index contributed by atoms with van der Waals surface area (Å²) in [6, 6.07) is 14.3. The average Bonchev–Trinajstić information content (AvgIpc) is 3.35. The van der Waals surface area contributed by atoms with E-state index in [-0.39, 0.29) is 5.69 Å². The topological polar surface area (TPSA) is 68.9 Å². The Bertz CT molecular complexity index is 959. The van der Waals surface area contributed by atoms with Gasteiger partial charge >= 0.3 is 0 Å². The first-order valence-corrected chi connectivity index (χ1v) is 9.23. The molecule has 25 heavy (non-hydrogen) atoms. The van der Waals surface area contributed by atoms with Crippen LogP contribution < -0.4 is 0 Å². The monoisotopic (exact) mass is 365 g/mol. The molecule has 3 heterocycles. The maximum atomic E-state index is 10.9. The van der Waals surface area contributed by atoms with Crippen molar-refractivity contribution in [2.24, 2.45) is 0 Å². The van der Waals surface area contributed by atoms with E-state index in [1.807, 2.05) is 40.4 Å². The van der Waals surface area contributed by atoms with E-state index in [4.69, 9.17) is 0 Å². The van der Waals surface area contributed by atoms with Crippen LogP contribution >= 0.6 is 22.7 Å². The zero-order valence-corrected chi connectivity index (χ0v) is 14.5. The van der Waals surface area contributed by atoms with Gasteiger partial charge in [0.05, 0.1) is 21.2 Å². The number of nitrogens with zero attached hydrogens (tertiary/aromatic N) is 3. The standard InChI is InChI=1S/C18H11N3O2S2/c22-21(23)14-5-3-12(4-6-14)15-10-16(13-7-9-24-11-13)20-18(19-15)17-2-1-8-25-17/h1-11H.